The molecule has 1 atom stereocenters. The Bertz CT molecular complexity index is 1350. The summed E-state index contributed by atoms with van der Waals surface area (Å²) in [6, 6.07) is 13.8. The number of benzene rings is 2. The molecule has 34 heavy (non-hydrogen) atoms. The third-order valence-corrected chi connectivity index (χ3v) is 7.85. The van der Waals surface area contributed by atoms with Gasteiger partial charge in [-0.25, -0.2) is 12.9 Å². The van der Waals surface area contributed by atoms with Crippen molar-refractivity contribution >= 4 is 50.7 Å². The molecule has 1 aliphatic carbocycles. The highest BCUT2D eigenvalue weighted by molar-refractivity contribution is 14.1. The van der Waals surface area contributed by atoms with Crippen molar-refractivity contribution in [1.29, 1.82) is 0 Å². The number of rotatable bonds is 4. The van der Waals surface area contributed by atoms with E-state index >= 15 is 0 Å². The first-order valence-corrected chi connectivity index (χ1v) is 12.7. The number of aromatic amines is 1. The monoisotopic (exact) mass is 571 g/mol. The van der Waals surface area contributed by atoms with Gasteiger partial charge in [0.2, 0.25) is 5.82 Å². The Morgan fingerprint density at radius 3 is 2.53 bits per heavy atom. The summed E-state index contributed by atoms with van der Waals surface area (Å²) in [6.07, 6.45) is 3.81. The average Bonchev–Trinajstić information content (AvgIpc) is 3.57. The molecule has 0 radical (unpaired) electrons. The standard InChI is InChI=1S/C25H26IN5O3/c1-15(16-5-3-2-4-6-16)27-24(32)23-28-19-13-18-21(14-20(19)29-23)31(26)30-22(18)17-7-9-25(10-8-17)33-11-12-34-25/h2-6,13-15,17,30H,7-12H2,1H3,(H,27,32)/t15-/m1/s1. The lowest BCUT2D eigenvalue weighted by atomic mass is 9.82. The molecule has 2 N–H and O–H groups in total. The molecule has 8 nitrogen and oxygen atoms in total. The molecule has 9 heteroatoms. The Labute approximate surface area is 210 Å². The van der Waals surface area contributed by atoms with Crippen molar-refractivity contribution in [2.24, 2.45) is 0 Å². The predicted molar refractivity (Wildman–Crippen MR) is 137 cm³/mol. The van der Waals surface area contributed by atoms with Gasteiger partial charge in [-0.05, 0) is 37.5 Å². The topological polar surface area (TPSA) is 94.1 Å². The zero-order valence-electron chi connectivity index (χ0n) is 18.9. The molecule has 6 rings (SSSR count). The molecule has 0 unspecified atom stereocenters. The van der Waals surface area contributed by atoms with Crippen LogP contribution in [0.3, 0.4) is 0 Å². The number of carbonyl (C=O) groups is 1. The van der Waals surface area contributed by atoms with Gasteiger partial charge in [0.1, 0.15) is 0 Å². The molecule has 1 saturated carbocycles. The van der Waals surface area contributed by atoms with Crippen LogP contribution in [-0.2, 0) is 9.47 Å². The summed E-state index contributed by atoms with van der Waals surface area (Å²) in [5.41, 5.74) is 4.74. The molecule has 1 saturated heterocycles. The molecule has 3 heterocycles. The molecule has 176 valence electrons. The van der Waals surface area contributed by atoms with Gasteiger partial charge in [-0.15, -0.1) is 0 Å². The van der Waals surface area contributed by atoms with Gasteiger partial charge in [0.05, 0.1) is 58.7 Å². The number of aromatic nitrogens is 4. The maximum absolute atomic E-state index is 12.9. The largest absolute Gasteiger partial charge is 0.348 e. The molecule has 1 aliphatic heterocycles. The van der Waals surface area contributed by atoms with Gasteiger partial charge in [-0.1, -0.05) is 30.3 Å². The Kier molecular flexibility index (Phi) is 5.57. The van der Waals surface area contributed by atoms with E-state index < -0.39 is 0 Å². The minimum atomic E-state index is -0.372. The van der Waals surface area contributed by atoms with Crippen molar-refractivity contribution in [1.82, 2.24) is 23.3 Å². The molecule has 2 aromatic heterocycles. The zero-order valence-corrected chi connectivity index (χ0v) is 21.0. The van der Waals surface area contributed by atoms with Crippen molar-refractivity contribution in [2.45, 2.75) is 50.4 Å². The number of amides is 1. The summed E-state index contributed by atoms with van der Waals surface area (Å²) in [5.74, 6) is -0.0450. The van der Waals surface area contributed by atoms with Crippen LogP contribution < -0.4 is 5.32 Å². The van der Waals surface area contributed by atoms with Crippen LogP contribution in [0.1, 0.15) is 66.4 Å². The summed E-state index contributed by atoms with van der Waals surface area (Å²) in [4.78, 5) is 22.0. The zero-order chi connectivity index (χ0) is 23.3. The van der Waals surface area contributed by atoms with Gasteiger partial charge in [-0.2, -0.15) is 0 Å². The number of imidazole rings is 1. The second kappa shape index (κ2) is 8.62. The van der Waals surface area contributed by atoms with Crippen LogP contribution in [0.15, 0.2) is 42.5 Å². The quantitative estimate of drug-likeness (QED) is 0.337. The van der Waals surface area contributed by atoms with Crippen molar-refractivity contribution in [2.75, 3.05) is 13.2 Å². The highest BCUT2D eigenvalue weighted by atomic mass is 127. The normalized spacial score (nSPS) is 19.2. The number of fused-ring (bicyclic) bond motifs is 2. The first kappa shape index (κ1) is 22.0. The van der Waals surface area contributed by atoms with Gasteiger partial charge in [-0.3, -0.25) is 9.89 Å². The lowest BCUT2D eigenvalue weighted by Gasteiger charge is -2.35. The van der Waals surface area contributed by atoms with Crippen LogP contribution in [0.4, 0.5) is 0 Å². The van der Waals surface area contributed by atoms with Gasteiger partial charge >= 0.3 is 0 Å². The minimum absolute atomic E-state index is 0.128. The van der Waals surface area contributed by atoms with Crippen molar-refractivity contribution in [3.63, 3.8) is 0 Å². The van der Waals surface area contributed by atoms with Crippen LogP contribution in [0.2, 0.25) is 0 Å². The second-order valence-electron chi connectivity index (χ2n) is 9.20. The number of carbonyl (C=O) groups excluding carboxylic acids is 1. The van der Waals surface area contributed by atoms with E-state index in [4.69, 9.17) is 9.47 Å². The summed E-state index contributed by atoms with van der Waals surface area (Å²) in [7, 11) is 0. The number of H-pyrrole nitrogens is 1. The van der Waals surface area contributed by atoms with E-state index in [2.05, 4.69) is 49.3 Å². The number of ether oxygens (including phenoxy) is 2. The van der Waals surface area contributed by atoms with E-state index in [0.717, 1.165) is 53.2 Å². The van der Waals surface area contributed by atoms with Crippen LogP contribution in [0, 0.1) is 0 Å². The first-order valence-electron chi connectivity index (χ1n) is 11.7. The van der Waals surface area contributed by atoms with Crippen molar-refractivity contribution in [3.8, 4) is 0 Å². The number of nitrogens with one attached hydrogen (secondary N) is 2. The van der Waals surface area contributed by atoms with Gasteiger partial charge < -0.3 is 14.8 Å². The lowest BCUT2D eigenvalue weighted by Crippen LogP contribution is -2.34. The summed E-state index contributed by atoms with van der Waals surface area (Å²) in [5, 5.41) is 7.67. The molecule has 4 aromatic rings. The van der Waals surface area contributed by atoms with Crippen LogP contribution in [-0.4, -0.2) is 42.9 Å². The Balaban J connectivity index is 1.27. The molecule has 0 bridgehead atoms. The van der Waals surface area contributed by atoms with Gasteiger partial charge in [0.15, 0.2) is 5.79 Å². The number of halogens is 1. The van der Waals surface area contributed by atoms with Gasteiger partial charge in [0.25, 0.3) is 5.91 Å². The van der Waals surface area contributed by atoms with Crippen LogP contribution >= 0.6 is 22.9 Å². The van der Waals surface area contributed by atoms with E-state index in [1.807, 2.05) is 46.2 Å². The SMILES string of the molecule is C[C@@H](NC(=O)c1nc2cc3c(C4CCC5(CC4)OCCO5)[nH]n(I)c3cc2n1)c1ccccc1. The fraction of sp³-hybridized carbons (Fsp3) is 0.400. The van der Waals surface area contributed by atoms with Crippen LogP contribution in [0.5, 0.6) is 0 Å². The molecular formula is C25H26IN5O3. The molecule has 1 spiro atoms. The van der Waals surface area contributed by atoms with E-state index in [0.29, 0.717) is 19.1 Å². The van der Waals surface area contributed by atoms with E-state index in [-0.39, 0.29) is 23.6 Å². The van der Waals surface area contributed by atoms with E-state index in [1.54, 1.807) is 0 Å². The van der Waals surface area contributed by atoms with Crippen LogP contribution in [0.25, 0.3) is 21.9 Å². The third-order valence-electron chi connectivity index (χ3n) is 7.09. The Morgan fingerprint density at radius 1 is 1.15 bits per heavy atom. The predicted octanol–water partition coefficient (Wildman–Crippen LogP) is 5.00. The van der Waals surface area contributed by atoms with E-state index in [9.17, 15) is 4.79 Å². The molecule has 2 fully saturated rings. The third kappa shape index (κ3) is 3.89. The lowest BCUT2D eigenvalue weighted by molar-refractivity contribution is -0.178. The molecule has 1 amide bonds. The fourth-order valence-electron chi connectivity index (χ4n) is 5.23. The second-order valence-corrected chi connectivity index (χ2v) is 10.2. The summed E-state index contributed by atoms with van der Waals surface area (Å²) < 4.78 is 13.8. The molecular weight excluding hydrogens is 545 g/mol. The first-order chi connectivity index (χ1) is 16.5. The number of hydrogen-bond donors (Lipinski definition) is 2. The smallest absolute Gasteiger partial charge is 0.289 e. The van der Waals surface area contributed by atoms with Gasteiger partial charge in [0, 0.05) is 29.8 Å². The number of hydrogen-bond acceptors (Lipinski definition) is 5. The Morgan fingerprint density at radius 2 is 1.82 bits per heavy atom. The summed E-state index contributed by atoms with van der Waals surface area (Å²) >= 11 is 2.27. The van der Waals surface area contributed by atoms with E-state index in [1.165, 1.54) is 5.69 Å². The van der Waals surface area contributed by atoms with Crippen molar-refractivity contribution in [3.05, 3.63) is 59.5 Å². The number of nitrogens with zero attached hydrogens (tertiary/aromatic N) is 3. The average molecular weight is 571 g/mol. The Hall–Kier alpha value is -2.50. The summed E-state index contributed by atoms with van der Waals surface area (Å²) in [6.45, 7) is 3.34. The maximum Gasteiger partial charge on any atom is 0.289 e. The fourth-order valence-corrected chi connectivity index (χ4v) is 5.89. The molecule has 2 aromatic carbocycles. The molecule has 2 aliphatic rings. The minimum Gasteiger partial charge on any atom is -0.348 e. The maximum atomic E-state index is 12.9. The van der Waals surface area contributed by atoms with Crippen molar-refractivity contribution < 1.29 is 14.3 Å². The highest BCUT2D eigenvalue weighted by Crippen LogP contribution is 2.44. The highest BCUT2D eigenvalue weighted by Gasteiger charge is 2.41.